The van der Waals surface area contributed by atoms with E-state index in [9.17, 15) is 4.79 Å². The Kier molecular flexibility index (Phi) is 5.12. The average molecular weight is 254 g/mol. The summed E-state index contributed by atoms with van der Waals surface area (Å²) in [5.41, 5.74) is 1.60. The quantitative estimate of drug-likeness (QED) is 0.806. The van der Waals surface area contributed by atoms with Crippen LogP contribution in [0.1, 0.15) is 56.6 Å². The number of carbonyl (C=O) groups excluding carboxylic acids is 1. The molecule has 0 radical (unpaired) electrons. The van der Waals surface area contributed by atoms with Gasteiger partial charge < -0.3 is 4.90 Å². The van der Waals surface area contributed by atoms with Gasteiger partial charge in [-0.25, -0.2) is 0 Å². The van der Waals surface area contributed by atoms with E-state index >= 15 is 0 Å². The van der Waals surface area contributed by atoms with Gasteiger partial charge in [0.15, 0.2) is 0 Å². The molecule has 0 aromatic carbocycles. The number of hydrogen-bond acceptors (Lipinski definition) is 3. The minimum atomic E-state index is 0.125. The Morgan fingerprint density at radius 2 is 1.88 bits per heavy atom. The summed E-state index contributed by atoms with van der Waals surface area (Å²) < 4.78 is 4.18. The van der Waals surface area contributed by atoms with E-state index < -0.39 is 0 Å². The predicted molar refractivity (Wildman–Crippen MR) is 72.5 cm³/mol. The van der Waals surface area contributed by atoms with Crippen molar-refractivity contribution in [2.24, 2.45) is 0 Å². The molecular weight excluding hydrogens is 232 g/mol. The van der Waals surface area contributed by atoms with E-state index in [1.807, 2.05) is 17.2 Å². The van der Waals surface area contributed by atoms with Gasteiger partial charge in [-0.3, -0.25) is 4.79 Å². The third kappa shape index (κ3) is 3.06. The maximum absolute atomic E-state index is 12.5. The Labute approximate surface area is 108 Å². The number of carbonyl (C=O) groups is 1. The topological polar surface area (TPSA) is 33.2 Å². The lowest BCUT2D eigenvalue weighted by atomic mass is 10.1. The largest absolute Gasteiger partial charge is 0.333 e. The Hall–Kier alpha value is -0.900. The van der Waals surface area contributed by atoms with Gasteiger partial charge in [-0.1, -0.05) is 13.8 Å². The van der Waals surface area contributed by atoms with Gasteiger partial charge in [0, 0.05) is 17.5 Å². The second-order valence-electron chi connectivity index (χ2n) is 4.54. The first-order chi connectivity index (χ1) is 8.02. The summed E-state index contributed by atoms with van der Waals surface area (Å²) in [7, 11) is 0. The molecule has 0 bridgehead atoms. The lowest BCUT2D eigenvalue weighted by Gasteiger charge is -2.33. The van der Waals surface area contributed by atoms with Crippen LogP contribution in [0, 0.1) is 6.92 Å². The van der Waals surface area contributed by atoms with E-state index in [-0.39, 0.29) is 18.0 Å². The zero-order valence-corrected chi connectivity index (χ0v) is 12.2. The minimum Gasteiger partial charge on any atom is -0.333 e. The molecule has 0 saturated heterocycles. The van der Waals surface area contributed by atoms with Gasteiger partial charge >= 0.3 is 0 Å². The lowest BCUT2D eigenvalue weighted by Crippen LogP contribution is -2.44. The third-order valence-corrected chi connectivity index (χ3v) is 4.07. The lowest BCUT2D eigenvalue weighted by molar-refractivity contribution is 0.0598. The Morgan fingerprint density at radius 1 is 1.35 bits per heavy atom. The molecular formula is C13H22N2OS. The third-order valence-electron chi connectivity index (χ3n) is 3.35. The number of aryl methyl sites for hydroxylation is 1. The van der Waals surface area contributed by atoms with Crippen molar-refractivity contribution < 1.29 is 4.79 Å². The summed E-state index contributed by atoms with van der Waals surface area (Å²) in [5, 5.41) is 1.86. The second kappa shape index (κ2) is 6.15. The molecule has 0 aliphatic rings. The summed E-state index contributed by atoms with van der Waals surface area (Å²) in [6, 6.07) is 0.550. The fourth-order valence-corrected chi connectivity index (χ4v) is 2.55. The number of rotatable bonds is 5. The van der Waals surface area contributed by atoms with Crippen molar-refractivity contribution >= 4 is 17.4 Å². The van der Waals surface area contributed by atoms with E-state index in [0.717, 1.165) is 24.1 Å². The van der Waals surface area contributed by atoms with E-state index in [1.54, 1.807) is 0 Å². The molecule has 0 saturated carbocycles. The molecule has 0 aliphatic heterocycles. The van der Waals surface area contributed by atoms with E-state index in [0.29, 0.717) is 0 Å². The molecule has 1 rings (SSSR count). The molecule has 2 atom stereocenters. The first kappa shape index (κ1) is 14.2. The molecule has 17 heavy (non-hydrogen) atoms. The molecule has 0 spiro atoms. The minimum absolute atomic E-state index is 0.125. The van der Waals surface area contributed by atoms with Crippen molar-refractivity contribution in [3.05, 3.63) is 16.6 Å². The molecule has 0 N–H and O–H groups in total. The monoisotopic (exact) mass is 254 g/mol. The summed E-state index contributed by atoms with van der Waals surface area (Å²) >= 11 is 1.35. The van der Waals surface area contributed by atoms with Crippen molar-refractivity contribution in [3.63, 3.8) is 0 Å². The van der Waals surface area contributed by atoms with Crippen LogP contribution in [-0.2, 0) is 0 Å². The molecule has 2 unspecified atom stereocenters. The highest BCUT2D eigenvalue weighted by atomic mass is 32.1. The van der Waals surface area contributed by atoms with Gasteiger partial charge in [0.2, 0.25) is 0 Å². The van der Waals surface area contributed by atoms with E-state index in [4.69, 9.17) is 0 Å². The molecule has 0 fully saturated rings. The SMILES string of the molecule is CCC(C)N(C(=O)c1csnc1C)C(C)CC. The molecule has 1 aromatic heterocycles. The number of nitrogens with zero attached hydrogens (tertiary/aromatic N) is 2. The predicted octanol–water partition coefficient (Wildman–Crippen LogP) is 3.49. The van der Waals surface area contributed by atoms with Crippen LogP contribution >= 0.6 is 11.5 Å². The zero-order valence-electron chi connectivity index (χ0n) is 11.4. The van der Waals surface area contributed by atoms with Crippen LogP contribution in [0.2, 0.25) is 0 Å². The maximum Gasteiger partial charge on any atom is 0.257 e. The second-order valence-corrected chi connectivity index (χ2v) is 5.17. The number of hydrogen-bond donors (Lipinski definition) is 0. The first-order valence-electron chi connectivity index (χ1n) is 6.26. The summed E-state index contributed by atoms with van der Waals surface area (Å²) in [6.45, 7) is 10.4. The highest BCUT2D eigenvalue weighted by molar-refractivity contribution is 7.03. The Morgan fingerprint density at radius 3 is 2.24 bits per heavy atom. The Balaban J connectivity index is 2.99. The molecule has 3 nitrogen and oxygen atoms in total. The number of aromatic nitrogens is 1. The molecule has 1 amide bonds. The van der Waals surface area contributed by atoms with Crippen LogP contribution in [0.3, 0.4) is 0 Å². The zero-order chi connectivity index (χ0) is 13.0. The highest BCUT2D eigenvalue weighted by Gasteiger charge is 2.26. The molecule has 1 aromatic rings. The molecule has 0 aliphatic carbocycles. The van der Waals surface area contributed by atoms with Gasteiger partial charge in [0.05, 0.1) is 11.3 Å². The van der Waals surface area contributed by atoms with Crippen molar-refractivity contribution in [2.75, 3.05) is 0 Å². The van der Waals surface area contributed by atoms with Crippen LogP contribution in [0.15, 0.2) is 5.38 Å². The smallest absolute Gasteiger partial charge is 0.257 e. The average Bonchev–Trinajstić information content (AvgIpc) is 2.74. The van der Waals surface area contributed by atoms with Crippen molar-refractivity contribution in [2.45, 2.75) is 59.5 Å². The van der Waals surface area contributed by atoms with Crippen LogP contribution in [0.5, 0.6) is 0 Å². The van der Waals surface area contributed by atoms with Crippen LogP contribution < -0.4 is 0 Å². The molecule has 96 valence electrons. The van der Waals surface area contributed by atoms with Gasteiger partial charge in [-0.15, -0.1) is 0 Å². The maximum atomic E-state index is 12.5. The Bertz CT molecular complexity index is 365. The van der Waals surface area contributed by atoms with Crippen molar-refractivity contribution in [3.8, 4) is 0 Å². The van der Waals surface area contributed by atoms with Gasteiger partial charge in [0.1, 0.15) is 0 Å². The van der Waals surface area contributed by atoms with E-state index in [2.05, 4.69) is 32.1 Å². The number of amides is 1. The van der Waals surface area contributed by atoms with Crippen LogP contribution in [0.25, 0.3) is 0 Å². The molecule has 1 heterocycles. The summed E-state index contributed by atoms with van der Waals surface area (Å²) in [6.07, 6.45) is 1.96. The van der Waals surface area contributed by atoms with Crippen LogP contribution in [-0.4, -0.2) is 27.3 Å². The van der Waals surface area contributed by atoms with Gasteiger partial charge in [0.25, 0.3) is 5.91 Å². The van der Waals surface area contributed by atoms with Crippen molar-refractivity contribution in [1.82, 2.24) is 9.27 Å². The summed E-state index contributed by atoms with van der Waals surface area (Å²) in [5.74, 6) is 0.125. The fraction of sp³-hybridized carbons (Fsp3) is 0.692. The molecule has 4 heteroatoms. The van der Waals surface area contributed by atoms with Crippen molar-refractivity contribution in [1.29, 1.82) is 0 Å². The first-order valence-corrected chi connectivity index (χ1v) is 7.10. The van der Waals surface area contributed by atoms with E-state index in [1.165, 1.54) is 11.5 Å². The highest BCUT2D eigenvalue weighted by Crippen LogP contribution is 2.19. The van der Waals surface area contributed by atoms with Gasteiger partial charge in [-0.05, 0) is 45.1 Å². The standard InChI is InChI=1S/C13H22N2OS/c1-6-9(3)15(10(4)7-2)13(16)12-8-17-14-11(12)5/h8-10H,6-7H2,1-5H3. The van der Waals surface area contributed by atoms with Gasteiger partial charge in [-0.2, -0.15) is 4.37 Å². The normalized spacial score (nSPS) is 14.4. The van der Waals surface area contributed by atoms with Crippen LogP contribution in [0.4, 0.5) is 0 Å². The summed E-state index contributed by atoms with van der Waals surface area (Å²) in [4.78, 5) is 14.5. The fourth-order valence-electron chi connectivity index (χ4n) is 1.86.